The van der Waals surface area contributed by atoms with Gasteiger partial charge in [0.1, 0.15) is 0 Å². The molecule has 2 aromatic heterocycles. The maximum Gasteiger partial charge on any atom is 0.0987 e. The molecule has 0 unspecified atom stereocenters. The zero-order valence-corrected chi connectivity index (χ0v) is 10.7. The number of fused-ring (bicyclic) bond motifs is 3. The topological polar surface area (TPSA) is 38.7 Å². The van der Waals surface area contributed by atoms with E-state index in [1.54, 1.807) is 18.6 Å². The van der Waals surface area contributed by atoms with Crippen LogP contribution in [0.3, 0.4) is 0 Å². The Morgan fingerprint density at radius 1 is 0.650 bits per heavy atom. The molecule has 4 aromatic rings. The fourth-order valence-electron chi connectivity index (χ4n) is 2.51. The summed E-state index contributed by atoms with van der Waals surface area (Å²) >= 11 is 0. The predicted molar refractivity (Wildman–Crippen MR) is 80.3 cm³/mol. The minimum absolute atomic E-state index is 0.893. The van der Waals surface area contributed by atoms with Crippen molar-refractivity contribution in [3.63, 3.8) is 0 Å². The molecule has 0 saturated carbocycles. The highest BCUT2D eigenvalue weighted by atomic mass is 14.8. The van der Waals surface area contributed by atoms with Crippen molar-refractivity contribution in [3.05, 3.63) is 67.1 Å². The molecule has 0 atom stereocenters. The molecule has 4 rings (SSSR count). The summed E-state index contributed by atoms with van der Waals surface area (Å²) in [7, 11) is 0. The smallest absolute Gasteiger partial charge is 0.0987 e. The number of nitrogens with zero attached hydrogens (tertiary/aromatic N) is 3. The van der Waals surface area contributed by atoms with Gasteiger partial charge in [-0.2, -0.15) is 0 Å². The zero-order valence-electron chi connectivity index (χ0n) is 10.7. The highest BCUT2D eigenvalue weighted by molar-refractivity contribution is 6.09. The number of hydrogen-bond donors (Lipinski definition) is 0. The maximum atomic E-state index is 4.51. The van der Waals surface area contributed by atoms with Gasteiger partial charge < -0.3 is 0 Å². The summed E-state index contributed by atoms with van der Waals surface area (Å²) in [6, 6.07) is 16.3. The summed E-state index contributed by atoms with van der Waals surface area (Å²) in [5, 5.41) is 2.27. The molecule has 0 bridgehead atoms. The van der Waals surface area contributed by atoms with Crippen LogP contribution in [-0.4, -0.2) is 15.0 Å². The molecule has 20 heavy (non-hydrogen) atoms. The van der Waals surface area contributed by atoms with Gasteiger partial charge in [-0.3, -0.25) is 15.0 Å². The van der Waals surface area contributed by atoms with E-state index in [-0.39, 0.29) is 0 Å². The zero-order chi connectivity index (χ0) is 13.4. The first-order valence-electron chi connectivity index (χ1n) is 6.47. The van der Waals surface area contributed by atoms with E-state index in [1.807, 2.05) is 30.3 Å². The van der Waals surface area contributed by atoms with Gasteiger partial charge in [-0.1, -0.05) is 30.3 Å². The highest BCUT2D eigenvalue weighted by Crippen LogP contribution is 2.31. The fraction of sp³-hybridized carbons (Fsp3) is 0. The Balaban J connectivity index is 2.19. The van der Waals surface area contributed by atoms with Gasteiger partial charge in [0, 0.05) is 29.5 Å². The Labute approximate surface area is 116 Å². The predicted octanol–water partition coefficient (Wildman–Crippen LogP) is 3.85. The molecule has 0 saturated heterocycles. The molecule has 0 N–H and O–H groups in total. The Kier molecular flexibility index (Phi) is 2.42. The summed E-state index contributed by atoms with van der Waals surface area (Å²) in [5.74, 6) is 0. The van der Waals surface area contributed by atoms with E-state index in [2.05, 4.69) is 33.2 Å². The van der Waals surface area contributed by atoms with Gasteiger partial charge in [0.25, 0.3) is 0 Å². The quantitative estimate of drug-likeness (QED) is 0.486. The monoisotopic (exact) mass is 257 g/mol. The molecule has 0 aliphatic rings. The van der Waals surface area contributed by atoms with Gasteiger partial charge >= 0.3 is 0 Å². The van der Waals surface area contributed by atoms with Gasteiger partial charge in [-0.15, -0.1) is 0 Å². The van der Waals surface area contributed by atoms with E-state index in [0.717, 1.165) is 33.1 Å². The maximum absolute atomic E-state index is 4.51. The minimum atomic E-state index is 0.893. The third kappa shape index (κ3) is 1.64. The molecule has 2 heterocycles. The van der Waals surface area contributed by atoms with Crippen LogP contribution in [0.5, 0.6) is 0 Å². The summed E-state index contributed by atoms with van der Waals surface area (Å²) in [6.07, 6.45) is 5.26. The second-order valence-electron chi connectivity index (χ2n) is 4.61. The van der Waals surface area contributed by atoms with Crippen molar-refractivity contribution in [2.24, 2.45) is 0 Å². The molecule has 94 valence electrons. The standard InChI is InChI=1S/C17H11N3/c1-2-6-13-12(5-1)11-14(15-7-3-4-8-18-15)17-16(13)19-9-10-20-17/h1-11H. The summed E-state index contributed by atoms with van der Waals surface area (Å²) in [4.78, 5) is 13.4. The fourth-order valence-corrected chi connectivity index (χ4v) is 2.51. The summed E-state index contributed by atoms with van der Waals surface area (Å²) < 4.78 is 0. The normalized spacial score (nSPS) is 11.0. The minimum Gasteiger partial charge on any atom is -0.256 e. The van der Waals surface area contributed by atoms with Crippen LogP contribution < -0.4 is 0 Å². The molecule has 0 spiro atoms. The number of rotatable bonds is 1. The van der Waals surface area contributed by atoms with Gasteiger partial charge in [0.05, 0.1) is 16.7 Å². The van der Waals surface area contributed by atoms with Crippen molar-refractivity contribution in [3.8, 4) is 11.3 Å². The summed E-state index contributed by atoms with van der Waals surface area (Å²) in [5.41, 5.74) is 3.76. The van der Waals surface area contributed by atoms with Crippen LogP contribution in [0, 0.1) is 0 Å². The van der Waals surface area contributed by atoms with E-state index in [4.69, 9.17) is 0 Å². The third-order valence-corrected chi connectivity index (χ3v) is 3.41. The lowest BCUT2D eigenvalue weighted by atomic mass is 10.0. The van der Waals surface area contributed by atoms with Crippen LogP contribution in [0.15, 0.2) is 67.1 Å². The molecule has 2 aromatic carbocycles. The average molecular weight is 257 g/mol. The Morgan fingerprint density at radius 2 is 1.45 bits per heavy atom. The molecule has 0 fully saturated rings. The molecule has 0 radical (unpaired) electrons. The Hall–Kier alpha value is -2.81. The largest absolute Gasteiger partial charge is 0.256 e. The molecule has 3 heteroatoms. The van der Waals surface area contributed by atoms with Gasteiger partial charge in [-0.25, -0.2) is 0 Å². The molecule has 3 nitrogen and oxygen atoms in total. The van der Waals surface area contributed by atoms with Gasteiger partial charge in [-0.05, 0) is 23.6 Å². The van der Waals surface area contributed by atoms with E-state index in [1.165, 1.54) is 0 Å². The average Bonchev–Trinajstić information content (AvgIpc) is 2.55. The lowest BCUT2D eigenvalue weighted by Gasteiger charge is -2.08. The Bertz CT molecular complexity index is 901. The second-order valence-corrected chi connectivity index (χ2v) is 4.61. The van der Waals surface area contributed by atoms with E-state index in [0.29, 0.717) is 0 Å². The number of benzene rings is 2. The lowest BCUT2D eigenvalue weighted by molar-refractivity contribution is 1.28. The van der Waals surface area contributed by atoms with Crippen LogP contribution >= 0.6 is 0 Å². The van der Waals surface area contributed by atoms with Crippen molar-refractivity contribution < 1.29 is 0 Å². The summed E-state index contributed by atoms with van der Waals surface area (Å²) in [6.45, 7) is 0. The van der Waals surface area contributed by atoms with Crippen molar-refractivity contribution in [1.29, 1.82) is 0 Å². The van der Waals surface area contributed by atoms with Gasteiger partial charge in [0.2, 0.25) is 0 Å². The van der Waals surface area contributed by atoms with E-state index >= 15 is 0 Å². The van der Waals surface area contributed by atoms with Crippen LogP contribution in [-0.2, 0) is 0 Å². The first kappa shape index (κ1) is 11.1. The molecule has 0 aliphatic carbocycles. The van der Waals surface area contributed by atoms with Crippen LogP contribution in [0.25, 0.3) is 33.1 Å². The van der Waals surface area contributed by atoms with Crippen LogP contribution in [0.4, 0.5) is 0 Å². The van der Waals surface area contributed by atoms with Crippen LogP contribution in [0.2, 0.25) is 0 Å². The van der Waals surface area contributed by atoms with Crippen molar-refractivity contribution in [1.82, 2.24) is 15.0 Å². The third-order valence-electron chi connectivity index (χ3n) is 3.41. The van der Waals surface area contributed by atoms with Gasteiger partial charge in [0.15, 0.2) is 0 Å². The molecule has 0 amide bonds. The Morgan fingerprint density at radius 3 is 2.30 bits per heavy atom. The number of hydrogen-bond acceptors (Lipinski definition) is 3. The van der Waals surface area contributed by atoms with E-state index in [9.17, 15) is 0 Å². The first-order chi connectivity index (χ1) is 9.93. The van der Waals surface area contributed by atoms with Crippen molar-refractivity contribution in [2.45, 2.75) is 0 Å². The highest BCUT2D eigenvalue weighted by Gasteiger charge is 2.10. The van der Waals surface area contributed by atoms with Crippen molar-refractivity contribution >= 4 is 21.8 Å². The van der Waals surface area contributed by atoms with Crippen LogP contribution in [0.1, 0.15) is 0 Å². The second kappa shape index (κ2) is 4.38. The molecule has 0 aliphatic heterocycles. The lowest BCUT2D eigenvalue weighted by Crippen LogP contribution is -1.90. The number of pyridine rings is 1. The molecular weight excluding hydrogens is 246 g/mol. The van der Waals surface area contributed by atoms with Crippen molar-refractivity contribution in [2.75, 3.05) is 0 Å². The van der Waals surface area contributed by atoms with E-state index < -0.39 is 0 Å². The number of aromatic nitrogens is 3. The molecular formula is C17H11N3. The SMILES string of the molecule is c1ccc(-c2cc3ccccc3c3nccnc23)nc1. The first-order valence-corrected chi connectivity index (χ1v) is 6.47.